The molecule has 25 heavy (non-hydrogen) atoms. The molecular weight excluding hydrogens is 312 g/mol. The zero-order valence-corrected chi connectivity index (χ0v) is 16.4. The quantitative estimate of drug-likeness (QED) is 0.692. The highest BCUT2D eigenvalue weighted by atomic mass is 16.6. The van der Waals surface area contributed by atoms with Gasteiger partial charge in [0.25, 0.3) is 0 Å². The van der Waals surface area contributed by atoms with E-state index in [0.717, 1.165) is 11.6 Å². The second kappa shape index (κ2) is 8.70. The monoisotopic (exact) mass is 346 g/mol. The Morgan fingerprint density at radius 1 is 1.12 bits per heavy atom. The van der Waals surface area contributed by atoms with E-state index in [0.29, 0.717) is 12.1 Å². The van der Waals surface area contributed by atoms with Crippen molar-refractivity contribution < 1.29 is 9.53 Å². The van der Waals surface area contributed by atoms with Crippen LogP contribution in [0.2, 0.25) is 0 Å². The van der Waals surface area contributed by atoms with Crippen molar-refractivity contribution in [3.8, 4) is 0 Å². The first kappa shape index (κ1) is 19.8. The summed E-state index contributed by atoms with van der Waals surface area (Å²) in [7, 11) is 0. The largest absolute Gasteiger partial charge is 0.444 e. The molecule has 0 radical (unpaired) electrons. The first-order chi connectivity index (χ1) is 11.7. The first-order valence-corrected chi connectivity index (χ1v) is 9.59. The third-order valence-corrected chi connectivity index (χ3v) is 4.80. The number of benzene rings is 1. The molecule has 0 aromatic heterocycles. The number of carbonyl (C=O) groups is 1. The van der Waals surface area contributed by atoms with Crippen LogP contribution in [-0.4, -0.2) is 17.7 Å². The Kier molecular flexibility index (Phi) is 6.88. The molecule has 3 unspecified atom stereocenters. The van der Waals surface area contributed by atoms with Crippen molar-refractivity contribution in [2.75, 3.05) is 5.32 Å². The molecule has 2 N–H and O–H groups in total. The number of nitrogens with one attached hydrogen (secondary N) is 2. The summed E-state index contributed by atoms with van der Waals surface area (Å²) in [6.07, 6.45) is 6.13. The molecule has 2 rings (SSSR count). The van der Waals surface area contributed by atoms with Gasteiger partial charge in [0.05, 0.1) is 0 Å². The van der Waals surface area contributed by atoms with Crippen molar-refractivity contribution in [3.05, 3.63) is 29.8 Å². The van der Waals surface area contributed by atoms with Crippen LogP contribution in [0.15, 0.2) is 24.3 Å². The normalized spacial score (nSPS) is 22.8. The van der Waals surface area contributed by atoms with Crippen molar-refractivity contribution in [2.45, 2.75) is 84.4 Å². The third-order valence-electron chi connectivity index (χ3n) is 4.80. The summed E-state index contributed by atoms with van der Waals surface area (Å²) < 4.78 is 5.28. The summed E-state index contributed by atoms with van der Waals surface area (Å²) >= 11 is 0. The maximum absolute atomic E-state index is 11.8. The van der Waals surface area contributed by atoms with Crippen molar-refractivity contribution >= 4 is 11.8 Å². The Hall–Kier alpha value is -1.55. The zero-order chi connectivity index (χ0) is 18.4. The van der Waals surface area contributed by atoms with Crippen LogP contribution in [-0.2, 0) is 4.74 Å². The predicted octanol–water partition coefficient (Wildman–Crippen LogP) is 5.65. The van der Waals surface area contributed by atoms with E-state index in [1.807, 2.05) is 32.9 Å². The molecule has 4 nitrogen and oxygen atoms in total. The molecule has 1 saturated carbocycles. The van der Waals surface area contributed by atoms with E-state index in [2.05, 4.69) is 36.6 Å². The molecule has 1 aromatic rings. The Bertz CT molecular complexity index is 548. The number of hydrogen-bond donors (Lipinski definition) is 2. The molecular formula is C21H34N2O2. The predicted molar refractivity (Wildman–Crippen MR) is 104 cm³/mol. The van der Waals surface area contributed by atoms with Crippen LogP contribution in [0, 0.1) is 5.92 Å². The van der Waals surface area contributed by atoms with E-state index in [1.165, 1.54) is 37.7 Å². The lowest BCUT2D eigenvalue weighted by atomic mass is 10.0. The summed E-state index contributed by atoms with van der Waals surface area (Å²) in [6, 6.07) is 8.94. The molecule has 0 aliphatic heterocycles. The molecule has 1 aliphatic rings. The third kappa shape index (κ3) is 7.07. The molecule has 0 saturated heterocycles. The number of carbonyl (C=O) groups excluding carboxylic acids is 1. The van der Waals surface area contributed by atoms with Crippen LogP contribution in [0.5, 0.6) is 0 Å². The fourth-order valence-electron chi connectivity index (χ4n) is 3.38. The molecule has 1 fully saturated rings. The van der Waals surface area contributed by atoms with Gasteiger partial charge in [0.2, 0.25) is 0 Å². The van der Waals surface area contributed by atoms with Crippen LogP contribution in [0.3, 0.4) is 0 Å². The maximum atomic E-state index is 11.8. The number of ether oxygens (including phenoxy) is 1. The van der Waals surface area contributed by atoms with Gasteiger partial charge in [-0.15, -0.1) is 0 Å². The molecule has 3 atom stereocenters. The second-order valence-electron chi connectivity index (χ2n) is 8.45. The van der Waals surface area contributed by atoms with Gasteiger partial charge in [-0.3, -0.25) is 5.32 Å². The van der Waals surface area contributed by atoms with E-state index in [9.17, 15) is 4.79 Å². The fourth-order valence-corrected chi connectivity index (χ4v) is 3.38. The first-order valence-electron chi connectivity index (χ1n) is 9.59. The Morgan fingerprint density at radius 3 is 2.44 bits per heavy atom. The summed E-state index contributed by atoms with van der Waals surface area (Å²) in [5.74, 6) is 0.861. The number of anilines is 1. The van der Waals surface area contributed by atoms with Gasteiger partial charge in [-0.25, -0.2) is 4.79 Å². The van der Waals surface area contributed by atoms with Gasteiger partial charge in [0, 0.05) is 17.8 Å². The number of rotatable bonds is 4. The second-order valence-corrected chi connectivity index (χ2v) is 8.45. The Labute approximate surface area is 152 Å². The van der Waals surface area contributed by atoms with Crippen LogP contribution in [0.4, 0.5) is 10.5 Å². The van der Waals surface area contributed by atoms with E-state index < -0.39 is 11.7 Å². The molecule has 1 amide bonds. The minimum Gasteiger partial charge on any atom is -0.444 e. The van der Waals surface area contributed by atoms with Gasteiger partial charge in [0.1, 0.15) is 5.60 Å². The molecule has 1 aliphatic carbocycles. The van der Waals surface area contributed by atoms with Crippen LogP contribution in [0.25, 0.3) is 0 Å². The maximum Gasteiger partial charge on any atom is 0.412 e. The van der Waals surface area contributed by atoms with Gasteiger partial charge in [-0.2, -0.15) is 0 Å². The highest BCUT2D eigenvalue weighted by molar-refractivity contribution is 5.84. The van der Waals surface area contributed by atoms with Crippen LogP contribution in [0.1, 0.15) is 78.3 Å². The summed E-state index contributed by atoms with van der Waals surface area (Å²) in [4.78, 5) is 11.8. The van der Waals surface area contributed by atoms with Crippen LogP contribution >= 0.6 is 0 Å². The van der Waals surface area contributed by atoms with Crippen molar-refractivity contribution in [1.82, 2.24) is 5.32 Å². The Morgan fingerprint density at radius 2 is 1.80 bits per heavy atom. The standard InChI is InChI=1S/C21H34N2O2/c1-15-7-6-8-18(12-9-15)22-16(2)17-10-13-19(14-11-17)23-20(24)25-21(3,4)5/h10-11,13-16,18,22H,6-9,12H2,1-5H3,(H,23,24). The van der Waals surface area contributed by atoms with E-state index >= 15 is 0 Å². The van der Waals surface area contributed by atoms with Crippen molar-refractivity contribution in [1.29, 1.82) is 0 Å². The molecule has 1 aromatic carbocycles. The minimum absolute atomic E-state index is 0.314. The van der Waals surface area contributed by atoms with Gasteiger partial charge in [-0.1, -0.05) is 31.9 Å². The molecule has 0 spiro atoms. The molecule has 4 heteroatoms. The molecule has 140 valence electrons. The number of hydrogen-bond acceptors (Lipinski definition) is 3. The summed E-state index contributed by atoms with van der Waals surface area (Å²) in [5, 5.41) is 6.55. The lowest BCUT2D eigenvalue weighted by Crippen LogP contribution is -2.31. The van der Waals surface area contributed by atoms with E-state index in [1.54, 1.807) is 0 Å². The molecule has 0 heterocycles. The molecule has 0 bridgehead atoms. The average Bonchev–Trinajstić information content (AvgIpc) is 2.70. The summed E-state index contributed by atoms with van der Waals surface area (Å²) in [6.45, 7) is 10.2. The van der Waals surface area contributed by atoms with Gasteiger partial charge >= 0.3 is 6.09 Å². The van der Waals surface area contributed by atoms with E-state index in [-0.39, 0.29) is 0 Å². The van der Waals surface area contributed by atoms with E-state index in [4.69, 9.17) is 4.74 Å². The van der Waals surface area contributed by atoms with Crippen LogP contribution < -0.4 is 10.6 Å². The lowest BCUT2D eigenvalue weighted by molar-refractivity contribution is 0.0636. The lowest BCUT2D eigenvalue weighted by Gasteiger charge is -2.23. The minimum atomic E-state index is -0.487. The topological polar surface area (TPSA) is 50.4 Å². The van der Waals surface area contributed by atoms with Crippen molar-refractivity contribution in [3.63, 3.8) is 0 Å². The van der Waals surface area contributed by atoms with Gasteiger partial charge in [0.15, 0.2) is 0 Å². The summed E-state index contributed by atoms with van der Waals surface area (Å²) in [5.41, 5.74) is 1.51. The Balaban J connectivity index is 1.87. The number of amides is 1. The van der Waals surface area contributed by atoms with Gasteiger partial charge < -0.3 is 10.1 Å². The highest BCUT2D eigenvalue weighted by Gasteiger charge is 2.19. The zero-order valence-electron chi connectivity index (χ0n) is 16.4. The fraction of sp³-hybridized carbons (Fsp3) is 0.667. The SMILES string of the molecule is CC1CCCC(NC(C)c2ccc(NC(=O)OC(C)(C)C)cc2)CC1. The smallest absolute Gasteiger partial charge is 0.412 e. The highest BCUT2D eigenvalue weighted by Crippen LogP contribution is 2.25. The average molecular weight is 347 g/mol. The van der Waals surface area contributed by atoms with Gasteiger partial charge in [-0.05, 0) is 70.6 Å². The van der Waals surface area contributed by atoms with Crippen molar-refractivity contribution in [2.24, 2.45) is 5.92 Å².